The van der Waals surface area contributed by atoms with E-state index in [0.717, 1.165) is 38.5 Å². The van der Waals surface area contributed by atoms with Crippen LogP contribution < -0.4 is 31.9 Å². The van der Waals surface area contributed by atoms with Gasteiger partial charge in [0, 0.05) is 36.3 Å². The summed E-state index contributed by atoms with van der Waals surface area (Å²) in [6.45, 7) is 0. The molecule has 0 amide bonds. The van der Waals surface area contributed by atoms with Crippen LogP contribution >= 0.6 is 0 Å². The van der Waals surface area contributed by atoms with Crippen molar-refractivity contribution in [2.24, 2.45) is 0 Å². The van der Waals surface area contributed by atoms with Crippen LogP contribution in [0.25, 0.3) is 0 Å². The summed E-state index contributed by atoms with van der Waals surface area (Å²) >= 11 is 0. The highest BCUT2D eigenvalue weighted by atomic mass is 15.1. The van der Waals surface area contributed by atoms with E-state index in [-0.39, 0.29) is 72.5 Å². The van der Waals surface area contributed by atoms with Crippen molar-refractivity contribution in [3.63, 3.8) is 0 Å². The first-order valence-corrected chi connectivity index (χ1v) is 31.8. The molecule has 0 spiro atoms. The molecule has 3 aliphatic carbocycles. The van der Waals surface area contributed by atoms with Gasteiger partial charge in [0.05, 0.1) is 36.3 Å². The molecule has 16 rings (SSSR count). The average molecular weight is 1110 g/mol. The third kappa shape index (κ3) is 13.2. The Labute approximate surface area is 500 Å². The van der Waals surface area contributed by atoms with E-state index in [1.807, 2.05) is 0 Å². The summed E-state index contributed by atoms with van der Waals surface area (Å²) in [6.07, 6.45) is 13.9. The van der Waals surface area contributed by atoms with Gasteiger partial charge in [0.2, 0.25) is 0 Å². The first kappa shape index (κ1) is 55.9. The number of hydrogen-bond acceptors (Lipinski definition) is 6. The Kier molecular flexibility index (Phi) is 18.1. The molecular weight excluding hydrogens is 1020 g/mol. The highest BCUT2D eigenvalue weighted by molar-refractivity contribution is 5.42. The maximum absolute atomic E-state index is 4.35. The van der Waals surface area contributed by atoms with Crippen LogP contribution in [0.2, 0.25) is 0 Å². The van der Waals surface area contributed by atoms with E-state index in [1.165, 1.54) is 105 Å². The standard InChI is InChI=1S/C78H84N6/c1-7-25-55(26-8-1)73-61-43-45-62(46-44-61)74(56-27-9-2-10-28-56)81-69-39-21-22-40-70(69)82-77(59-33-15-5-16-34-59)65-51-53-66(54-52-65)78(60-35-17-6-18-36-60)84-72-42-24-23-41-71(72)83-76(58-31-13-4-14-32-58)64-49-47-63(48-50-64)75(57-29-11-3-12-30-57)80-68-38-20-19-37-67(68)79-73/h1-18,25-36,43-54,67-84H,19-24,37-42H2/t67-,68-,69-,70-,71-,72-,73-,74-,75-,76-,77-,78-/m1/s1. The van der Waals surface area contributed by atoms with Crippen LogP contribution in [0.5, 0.6) is 0 Å². The molecule has 3 saturated carbocycles. The lowest BCUT2D eigenvalue weighted by atomic mass is 9.85. The van der Waals surface area contributed by atoms with E-state index >= 15 is 0 Å². The Morgan fingerprint density at radius 2 is 0.274 bits per heavy atom. The summed E-state index contributed by atoms with van der Waals surface area (Å²) in [4.78, 5) is 0. The molecule has 6 N–H and O–H groups in total. The summed E-state index contributed by atoms with van der Waals surface area (Å²) in [5.74, 6) is 0. The fourth-order valence-electron chi connectivity index (χ4n) is 14.7. The largest absolute Gasteiger partial charge is 0.302 e. The molecule has 9 aromatic rings. The van der Waals surface area contributed by atoms with Gasteiger partial charge in [-0.25, -0.2) is 0 Å². The molecule has 84 heavy (non-hydrogen) atoms. The maximum Gasteiger partial charge on any atom is 0.0579 e. The molecule has 6 bridgehead atoms. The molecule has 6 nitrogen and oxygen atoms in total. The van der Waals surface area contributed by atoms with Crippen molar-refractivity contribution in [2.45, 2.75) is 150 Å². The van der Waals surface area contributed by atoms with E-state index in [2.05, 4.69) is 287 Å². The minimum atomic E-state index is 0.0205. The summed E-state index contributed by atoms with van der Waals surface area (Å²) < 4.78 is 0. The van der Waals surface area contributed by atoms with E-state index in [1.54, 1.807) is 0 Å². The number of hydrogen-bond donors (Lipinski definition) is 6. The molecule has 0 aromatic heterocycles. The molecule has 0 saturated heterocycles. The molecular formula is C78H84N6. The lowest BCUT2D eigenvalue weighted by Gasteiger charge is -2.39. The molecule has 4 aliphatic heterocycles. The molecule has 6 heteroatoms. The van der Waals surface area contributed by atoms with Crippen molar-refractivity contribution in [3.05, 3.63) is 322 Å². The summed E-state index contributed by atoms with van der Waals surface area (Å²) in [5, 5.41) is 26.1. The lowest BCUT2D eigenvalue weighted by molar-refractivity contribution is 0.260. The summed E-state index contributed by atoms with van der Waals surface area (Å²) in [5.41, 5.74) is 15.5. The summed E-state index contributed by atoms with van der Waals surface area (Å²) in [6, 6.07) is 97.5. The third-order valence-corrected chi connectivity index (χ3v) is 19.2. The maximum atomic E-state index is 4.35. The Morgan fingerprint density at radius 3 is 0.405 bits per heavy atom. The zero-order valence-corrected chi connectivity index (χ0v) is 48.7. The van der Waals surface area contributed by atoms with Crippen molar-refractivity contribution in [1.29, 1.82) is 0 Å². The van der Waals surface area contributed by atoms with Crippen molar-refractivity contribution in [2.75, 3.05) is 0 Å². The van der Waals surface area contributed by atoms with E-state index < -0.39 is 0 Å². The highest BCUT2D eigenvalue weighted by Crippen LogP contribution is 2.37. The molecule has 7 aliphatic rings. The second-order valence-corrected chi connectivity index (χ2v) is 24.6. The molecule has 426 valence electrons. The first-order valence-electron chi connectivity index (χ1n) is 31.8. The third-order valence-electron chi connectivity index (χ3n) is 19.2. The van der Waals surface area contributed by atoms with E-state index in [0.29, 0.717) is 0 Å². The van der Waals surface area contributed by atoms with Gasteiger partial charge in [-0.15, -0.1) is 0 Å². The van der Waals surface area contributed by atoms with Crippen LogP contribution in [-0.4, -0.2) is 36.3 Å². The Morgan fingerprint density at radius 1 is 0.155 bits per heavy atom. The zero-order chi connectivity index (χ0) is 56.3. The predicted molar refractivity (Wildman–Crippen MR) is 346 cm³/mol. The van der Waals surface area contributed by atoms with Gasteiger partial charge >= 0.3 is 0 Å². The SMILES string of the molecule is c1ccc([C@H]2N[C@@H]3CCCC[C@H]3N[C@H](c3ccccc3)c3ccc(cc3)[C@@H](c3ccccc3)N[C@@H]3CCCC[C@H]3N[C@H](c3ccccc3)c3ccc(cc3)[C@@H](c3ccccc3)N[C@@H]3CCCC[C@H]3N[C@H](c3ccccc3)c3ccc2cc3)cc1. The van der Waals surface area contributed by atoms with E-state index in [9.17, 15) is 0 Å². The normalized spacial score (nSPS) is 27.1. The molecule has 4 heterocycles. The second-order valence-electron chi connectivity index (χ2n) is 24.6. The average Bonchev–Trinajstić information content (AvgIpc) is 3.74. The van der Waals surface area contributed by atoms with Crippen molar-refractivity contribution < 1.29 is 0 Å². The Hall–Kier alpha value is -7.26. The monoisotopic (exact) mass is 1100 g/mol. The molecule has 0 radical (unpaired) electrons. The fraction of sp³-hybridized carbons (Fsp3) is 0.308. The van der Waals surface area contributed by atoms with E-state index in [4.69, 9.17) is 0 Å². The van der Waals surface area contributed by atoms with Crippen LogP contribution in [0.3, 0.4) is 0 Å². The number of benzene rings is 9. The minimum Gasteiger partial charge on any atom is -0.302 e. The second kappa shape index (κ2) is 27.2. The van der Waals surface area contributed by atoms with Gasteiger partial charge in [0.25, 0.3) is 0 Å². The van der Waals surface area contributed by atoms with Crippen LogP contribution in [0.4, 0.5) is 0 Å². The quantitative estimate of drug-likeness (QED) is 0.0997. The molecule has 3 fully saturated rings. The smallest absolute Gasteiger partial charge is 0.0579 e. The highest BCUT2D eigenvalue weighted by Gasteiger charge is 2.35. The van der Waals surface area contributed by atoms with Gasteiger partial charge in [0.1, 0.15) is 0 Å². The van der Waals surface area contributed by atoms with Crippen LogP contribution in [0.15, 0.2) is 255 Å². The lowest BCUT2D eigenvalue weighted by Crippen LogP contribution is -2.52. The van der Waals surface area contributed by atoms with Gasteiger partial charge in [-0.1, -0.05) is 293 Å². The number of rotatable bonds is 6. The molecule has 0 unspecified atom stereocenters. The Balaban J connectivity index is 0.912. The van der Waals surface area contributed by atoms with Gasteiger partial charge in [-0.3, -0.25) is 0 Å². The topological polar surface area (TPSA) is 72.2 Å². The van der Waals surface area contributed by atoms with Crippen molar-refractivity contribution in [1.82, 2.24) is 31.9 Å². The number of nitrogens with one attached hydrogen (secondary N) is 6. The van der Waals surface area contributed by atoms with Crippen LogP contribution in [0, 0.1) is 0 Å². The van der Waals surface area contributed by atoms with Crippen molar-refractivity contribution in [3.8, 4) is 0 Å². The van der Waals surface area contributed by atoms with Crippen molar-refractivity contribution >= 4 is 0 Å². The zero-order valence-electron chi connectivity index (χ0n) is 48.7. The van der Waals surface area contributed by atoms with Crippen LogP contribution in [0.1, 0.15) is 180 Å². The summed E-state index contributed by atoms with van der Waals surface area (Å²) in [7, 11) is 0. The van der Waals surface area contributed by atoms with Gasteiger partial charge < -0.3 is 31.9 Å². The van der Waals surface area contributed by atoms with Gasteiger partial charge in [0.15, 0.2) is 0 Å². The van der Waals surface area contributed by atoms with Crippen LogP contribution in [-0.2, 0) is 0 Å². The molecule has 9 aromatic carbocycles. The first-order chi connectivity index (χ1) is 41.6. The van der Waals surface area contributed by atoms with Gasteiger partial charge in [-0.05, 0) is 105 Å². The fourth-order valence-corrected chi connectivity index (χ4v) is 14.7. The molecule has 12 atom stereocenters. The number of fused-ring (bicyclic) bond motifs is 3. The predicted octanol–water partition coefficient (Wildman–Crippen LogP) is 16.1. The Bertz CT molecular complexity index is 2800. The van der Waals surface area contributed by atoms with Gasteiger partial charge in [-0.2, -0.15) is 0 Å². The minimum absolute atomic E-state index is 0.0205.